The highest BCUT2D eigenvalue weighted by molar-refractivity contribution is 7.88. The van der Waals surface area contributed by atoms with Gasteiger partial charge in [-0.05, 0) is 17.5 Å². The zero-order valence-corrected chi connectivity index (χ0v) is 12.4. The molecule has 0 atom stereocenters. The van der Waals surface area contributed by atoms with Crippen molar-refractivity contribution in [2.45, 2.75) is 9.79 Å². The molecule has 0 saturated carbocycles. The lowest BCUT2D eigenvalue weighted by Gasteiger charge is -2.10. The Morgan fingerprint density at radius 3 is 1.50 bits per heavy atom. The standard InChI is InChI=1S/C12H12O6S2/c1-17-19(13,14)10-7-3-5-9-6-4-8-11(12(9)10)20(15,16)18-2/h3-8H,1-2H3. The average molecular weight is 316 g/mol. The minimum Gasteiger partial charge on any atom is -0.270 e. The lowest BCUT2D eigenvalue weighted by Crippen LogP contribution is -2.08. The zero-order valence-electron chi connectivity index (χ0n) is 10.7. The highest BCUT2D eigenvalue weighted by Crippen LogP contribution is 2.30. The Hall–Kier alpha value is -1.48. The van der Waals surface area contributed by atoms with E-state index in [1.54, 1.807) is 12.1 Å². The summed E-state index contributed by atoms with van der Waals surface area (Å²) in [6.45, 7) is 0. The molecular formula is C12H12O6S2. The summed E-state index contributed by atoms with van der Waals surface area (Å²) in [6.07, 6.45) is 0. The molecule has 2 aromatic carbocycles. The van der Waals surface area contributed by atoms with Crippen molar-refractivity contribution < 1.29 is 25.2 Å². The number of rotatable bonds is 4. The molecule has 0 N–H and O–H groups in total. The maximum atomic E-state index is 11.9. The van der Waals surface area contributed by atoms with E-state index in [4.69, 9.17) is 0 Å². The molecule has 0 heterocycles. The predicted octanol–water partition coefficient (Wildman–Crippen LogP) is 1.51. The van der Waals surface area contributed by atoms with Gasteiger partial charge in [0.2, 0.25) is 0 Å². The van der Waals surface area contributed by atoms with Gasteiger partial charge in [0.05, 0.1) is 14.2 Å². The summed E-state index contributed by atoms with van der Waals surface area (Å²) in [5.74, 6) is 0. The van der Waals surface area contributed by atoms with Crippen LogP contribution in [0.4, 0.5) is 0 Å². The molecule has 0 radical (unpaired) electrons. The van der Waals surface area contributed by atoms with Gasteiger partial charge in [0.15, 0.2) is 0 Å². The summed E-state index contributed by atoms with van der Waals surface area (Å²) in [4.78, 5) is -0.428. The van der Waals surface area contributed by atoms with Crippen LogP contribution in [-0.4, -0.2) is 31.1 Å². The van der Waals surface area contributed by atoms with Crippen molar-refractivity contribution >= 4 is 31.0 Å². The molecule has 0 aliphatic carbocycles. The van der Waals surface area contributed by atoms with Crippen molar-refractivity contribution in [3.8, 4) is 0 Å². The van der Waals surface area contributed by atoms with Crippen molar-refractivity contribution in [2.75, 3.05) is 14.2 Å². The van der Waals surface area contributed by atoms with Gasteiger partial charge < -0.3 is 0 Å². The number of hydrogen-bond donors (Lipinski definition) is 0. The molecule has 2 aromatic rings. The fourth-order valence-corrected chi connectivity index (χ4v) is 3.74. The largest absolute Gasteiger partial charge is 0.297 e. The molecule has 0 amide bonds. The van der Waals surface area contributed by atoms with E-state index in [0.717, 1.165) is 14.2 Å². The average Bonchev–Trinajstić information content (AvgIpc) is 2.45. The van der Waals surface area contributed by atoms with Gasteiger partial charge >= 0.3 is 0 Å². The Morgan fingerprint density at radius 1 is 0.750 bits per heavy atom. The van der Waals surface area contributed by atoms with Gasteiger partial charge in [0.1, 0.15) is 9.79 Å². The van der Waals surface area contributed by atoms with Crippen LogP contribution >= 0.6 is 0 Å². The van der Waals surface area contributed by atoms with E-state index < -0.39 is 20.2 Å². The van der Waals surface area contributed by atoms with Gasteiger partial charge in [-0.15, -0.1) is 0 Å². The predicted molar refractivity (Wildman–Crippen MR) is 72.3 cm³/mol. The maximum Gasteiger partial charge on any atom is 0.297 e. The quantitative estimate of drug-likeness (QED) is 0.795. The molecule has 2 rings (SSSR count). The maximum absolute atomic E-state index is 11.9. The molecular weight excluding hydrogens is 304 g/mol. The molecule has 0 bridgehead atoms. The topological polar surface area (TPSA) is 86.7 Å². The van der Waals surface area contributed by atoms with E-state index in [1.807, 2.05) is 0 Å². The summed E-state index contributed by atoms with van der Waals surface area (Å²) < 4.78 is 56.6. The van der Waals surface area contributed by atoms with Crippen LogP contribution in [0.2, 0.25) is 0 Å². The lowest BCUT2D eigenvalue weighted by molar-refractivity contribution is 0.397. The molecule has 0 saturated heterocycles. The second-order valence-corrected chi connectivity index (χ2v) is 7.21. The lowest BCUT2D eigenvalue weighted by atomic mass is 10.1. The normalized spacial score (nSPS) is 12.7. The first-order chi connectivity index (χ1) is 9.33. The van der Waals surface area contributed by atoms with Gasteiger partial charge in [-0.2, -0.15) is 16.8 Å². The Labute approximate surface area is 117 Å². The highest BCUT2D eigenvalue weighted by atomic mass is 32.2. The molecule has 0 unspecified atom stereocenters. The Morgan fingerprint density at radius 2 is 1.15 bits per heavy atom. The first-order valence-electron chi connectivity index (χ1n) is 5.46. The summed E-state index contributed by atoms with van der Waals surface area (Å²) in [5.41, 5.74) is 0. The summed E-state index contributed by atoms with van der Waals surface area (Å²) >= 11 is 0. The van der Waals surface area contributed by atoms with Crippen molar-refractivity contribution in [1.29, 1.82) is 0 Å². The molecule has 0 fully saturated rings. The molecule has 8 heteroatoms. The van der Waals surface area contributed by atoms with Crippen LogP contribution in [0, 0.1) is 0 Å². The smallest absolute Gasteiger partial charge is 0.270 e. The summed E-state index contributed by atoms with van der Waals surface area (Å²) in [6, 6.07) is 8.82. The Bertz CT molecular complexity index is 784. The second-order valence-electron chi connectivity index (χ2n) is 3.85. The van der Waals surface area contributed by atoms with Crippen molar-refractivity contribution in [1.82, 2.24) is 0 Å². The molecule has 6 nitrogen and oxygen atoms in total. The van der Waals surface area contributed by atoms with Crippen LogP contribution in [0.3, 0.4) is 0 Å². The van der Waals surface area contributed by atoms with Gasteiger partial charge in [0, 0.05) is 5.39 Å². The van der Waals surface area contributed by atoms with E-state index in [1.165, 1.54) is 24.3 Å². The van der Waals surface area contributed by atoms with E-state index in [9.17, 15) is 16.8 Å². The van der Waals surface area contributed by atoms with Gasteiger partial charge in [-0.3, -0.25) is 8.37 Å². The van der Waals surface area contributed by atoms with Crippen LogP contribution in [0.5, 0.6) is 0 Å². The van der Waals surface area contributed by atoms with Gasteiger partial charge in [0.25, 0.3) is 20.2 Å². The van der Waals surface area contributed by atoms with Crippen molar-refractivity contribution in [3.05, 3.63) is 36.4 Å². The minimum absolute atomic E-state index is 0.0544. The third-order valence-electron chi connectivity index (χ3n) is 2.81. The highest BCUT2D eigenvalue weighted by Gasteiger charge is 2.24. The molecule has 108 valence electrons. The first-order valence-corrected chi connectivity index (χ1v) is 8.28. The molecule has 0 aromatic heterocycles. The van der Waals surface area contributed by atoms with Crippen molar-refractivity contribution in [3.63, 3.8) is 0 Å². The van der Waals surface area contributed by atoms with E-state index >= 15 is 0 Å². The van der Waals surface area contributed by atoms with Crippen LogP contribution < -0.4 is 0 Å². The van der Waals surface area contributed by atoms with Crippen LogP contribution in [-0.2, 0) is 28.6 Å². The Kier molecular flexibility index (Phi) is 3.83. The third-order valence-corrected chi connectivity index (χ3v) is 5.44. The fourth-order valence-electron chi connectivity index (χ4n) is 1.87. The number of benzene rings is 2. The summed E-state index contributed by atoms with van der Waals surface area (Å²) in [7, 11) is -6.04. The molecule has 0 aliphatic rings. The van der Waals surface area contributed by atoms with E-state index in [-0.39, 0.29) is 15.2 Å². The van der Waals surface area contributed by atoms with Crippen molar-refractivity contribution in [2.24, 2.45) is 0 Å². The number of hydrogen-bond acceptors (Lipinski definition) is 6. The minimum atomic E-state index is -4.04. The van der Waals surface area contributed by atoms with Crippen LogP contribution in [0.1, 0.15) is 0 Å². The zero-order chi connectivity index (χ0) is 15.0. The molecule has 20 heavy (non-hydrogen) atoms. The summed E-state index contributed by atoms with van der Waals surface area (Å²) in [5, 5.41) is 0.514. The van der Waals surface area contributed by atoms with Crippen LogP contribution in [0.25, 0.3) is 10.8 Å². The fraction of sp³-hybridized carbons (Fsp3) is 0.167. The Balaban J connectivity index is 3.00. The first kappa shape index (κ1) is 14.9. The van der Waals surface area contributed by atoms with Crippen LogP contribution in [0.15, 0.2) is 46.2 Å². The monoisotopic (exact) mass is 316 g/mol. The second kappa shape index (κ2) is 5.13. The third kappa shape index (κ3) is 2.42. The van der Waals surface area contributed by atoms with Gasteiger partial charge in [-0.25, -0.2) is 0 Å². The number of fused-ring (bicyclic) bond motifs is 1. The van der Waals surface area contributed by atoms with E-state index in [2.05, 4.69) is 8.37 Å². The molecule has 0 spiro atoms. The molecule has 0 aliphatic heterocycles. The SMILES string of the molecule is COS(=O)(=O)c1cccc2cccc(S(=O)(=O)OC)c12. The van der Waals surface area contributed by atoms with Gasteiger partial charge in [-0.1, -0.05) is 24.3 Å². The van der Waals surface area contributed by atoms with E-state index in [0.29, 0.717) is 5.39 Å².